The van der Waals surface area contributed by atoms with Gasteiger partial charge in [-0.2, -0.15) is 0 Å². The summed E-state index contributed by atoms with van der Waals surface area (Å²) in [5, 5.41) is 7.29. The van der Waals surface area contributed by atoms with Crippen LogP contribution in [0.2, 0.25) is 0 Å². The number of nitrogens with zero attached hydrogens (tertiary/aromatic N) is 1. The summed E-state index contributed by atoms with van der Waals surface area (Å²) in [4.78, 5) is 8.70. The molecule has 1 unspecified atom stereocenters. The van der Waals surface area contributed by atoms with Crippen LogP contribution in [0.15, 0.2) is 0 Å². The second-order valence-electron chi connectivity index (χ2n) is 1.56. The molecule has 0 bridgehead atoms. The van der Waals surface area contributed by atoms with Gasteiger partial charge in [-0.1, -0.05) is 11.6 Å². The lowest BCUT2D eigenvalue weighted by molar-refractivity contribution is -0.489. The van der Waals surface area contributed by atoms with Crippen LogP contribution in [0.3, 0.4) is 0 Å². The molecule has 5 heteroatoms. The first kappa shape index (κ1) is 7.62. The fraction of sp³-hybridized carbons (Fsp3) is 1.00. The Kier molecular flexibility index (Phi) is 2.15. The molecular weight excluding hydrogens is 136 g/mol. The lowest BCUT2D eigenvalue weighted by Gasteiger charge is -2.02. The van der Waals surface area contributed by atoms with Crippen LogP contribution in [0, 0.1) is 10.1 Å². The summed E-state index contributed by atoms with van der Waals surface area (Å²) in [6.45, 7) is 0.0892. The summed E-state index contributed by atoms with van der Waals surface area (Å²) >= 11 is 4.82. The number of hydrogen-bond acceptors (Lipinski definition) is 2. The van der Waals surface area contributed by atoms with E-state index in [1.165, 1.54) is 0 Å². The molecule has 0 aromatic carbocycles. The molecule has 1 atom stereocenters. The van der Waals surface area contributed by atoms with E-state index < -0.39 is 16.6 Å². The second kappa shape index (κ2) is 2.26. The minimum atomic E-state index is -2.20. The van der Waals surface area contributed by atoms with Crippen molar-refractivity contribution < 1.29 is 9.31 Å². The highest BCUT2D eigenvalue weighted by molar-refractivity contribution is 6.22. The zero-order valence-corrected chi connectivity index (χ0v) is 4.98. The maximum Gasteiger partial charge on any atom is 0.251 e. The van der Waals surface area contributed by atoms with Gasteiger partial charge < -0.3 is 0 Å². The molecule has 8 heavy (non-hydrogen) atoms. The summed E-state index contributed by atoms with van der Waals surface area (Å²) in [5.74, 6) is 0. The molecule has 0 aromatic rings. The third-order valence-electron chi connectivity index (χ3n) is 0.407. The number of hydrogen-bond donors (Lipinski definition) is 0. The molecule has 0 saturated carbocycles. The van der Waals surface area contributed by atoms with Crippen molar-refractivity contribution in [3.63, 3.8) is 0 Å². The largest absolute Gasteiger partial charge is 0.264 e. The van der Waals surface area contributed by atoms with Gasteiger partial charge in [-0.15, -0.1) is 0 Å². The van der Waals surface area contributed by atoms with E-state index in [1.807, 2.05) is 0 Å². The zero-order chi connectivity index (χ0) is 6.78. The molecule has 0 rings (SSSR count). The Morgan fingerprint density at radius 3 is 2.38 bits per heavy atom. The molecule has 0 amide bonds. The summed E-state index contributed by atoms with van der Waals surface area (Å²) in [5.41, 5.74) is 0. The average Bonchev–Trinajstić information content (AvgIpc) is 1.21. The average molecular weight is 142 g/mol. The third-order valence-corrected chi connectivity index (χ3v) is 0.526. The molecule has 0 aliphatic carbocycles. The smallest absolute Gasteiger partial charge is 0.251 e. The van der Waals surface area contributed by atoms with E-state index in [1.54, 1.807) is 0 Å². The van der Waals surface area contributed by atoms with Gasteiger partial charge in [0, 0.05) is 4.92 Å². The van der Waals surface area contributed by atoms with Gasteiger partial charge in [0.25, 0.3) is 6.54 Å². The summed E-state index contributed by atoms with van der Waals surface area (Å²) in [6.07, 6.45) is 0. The van der Waals surface area contributed by atoms with Crippen LogP contribution >= 0.6 is 11.6 Å². The highest BCUT2D eigenvalue weighted by atomic mass is 35.5. The first-order chi connectivity index (χ1) is 3.42. The molecule has 0 aliphatic heterocycles. The van der Waals surface area contributed by atoms with E-state index in [0.717, 1.165) is 6.92 Å². The van der Waals surface area contributed by atoms with Gasteiger partial charge >= 0.3 is 0 Å². The Morgan fingerprint density at radius 2 is 2.38 bits per heavy atom. The zero-order valence-electron chi connectivity index (χ0n) is 4.23. The van der Waals surface area contributed by atoms with Crippen LogP contribution < -0.4 is 0 Å². The Morgan fingerprint density at radius 1 is 2.00 bits per heavy atom. The molecule has 0 fully saturated rings. The summed E-state index contributed by atoms with van der Waals surface area (Å²) in [6, 6.07) is 0. The fourth-order valence-corrected chi connectivity index (χ4v) is 0.324. The van der Waals surface area contributed by atoms with Gasteiger partial charge in [-0.05, 0) is 6.92 Å². The van der Waals surface area contributed by atoms with E-state index in [4.69, 9.17) is 11.6 Å². The predicted octanol–water partition coefficient (Wildman–Crippen LogP) is 1.19. The van der Waals surface area contributed by atoms with Gasteiger partial charge in [0.1, 0.15) is 0 Å². The molecule has 0 aromatic heterocycles. The lowest BCUT2D eigenvalue weighted by Crippen LogP contribution is -2.21. The van der Waals surface area contributed by atoms with Crippen LogP contribution in [0.4, 0.5) is 4.39 Å². The second-order valence-corrected chi connectivity index (χ2v) is 2.35. The van der Waals surface area contributed by atoms with Crippen LogP contribution in [0.1, 0.15) is 6.92 Å². The summed E-state index contributed by atoms with van der Waals surface area (Å²) in [7, 11) is 0. The Labute approximate surface area is 50.6 Å². The highest BCUT2D eigenvalue weighted by Crippen LogP contribution is 2.14. The van der Waals surface area contributed by atoms with Crippen molar-refractivity contribution in [2.45, 2.75) is 12.1 Å². The van der Waals surface area contributed by atoms with E-state index >= 15 is 0 Å². The van der Waals surface area contributed by atoms with Gasteiger partial charge in [0.15, 0.2) is 0 Å². The fourth-order valence-electron chi connectivity index (χ4n) is 0.227. The molecule has 48 valence electrons. The number of halogens is 2. The quantitative estimate of drug-likeness (QED) is 0.329. The molecule has 0 spiro atoms. The molecule has 0 N–H and O–H groups in total. The van der Waals surface area contributed by atoms with Crippen molar-refractivity contribution >= 4 is 11.6 Å². The van der Waals surface area contributed by atoms with Crippen molar-refractivity contribution in [3.05, 3.63) is 10.1 Å². The summed E-state index contributed by atoms with van der Waals surface area (Å²) < 4.78 is 12.0. The van der Waals surface area contributed by atoms with Crippen LogP contribution in [0.25, 0.3) is 0 Å². The van der Waals surface area contributed by atoms with Gasteiger partial charge in [0.2, 0.25) is 5.13 Å². The minimum absolute atomic E-state index is 0.799. The van der Waals surface area contributed by atoms with Gasteiger partial charge in [-0.25, -0.2) is 4.39 Å². The van der Waals surface area contributed by atoms with E-state index in [-0.39, 0.29) is 0 Å². The van der Waals surface area contributed by atoms with E-state index in [9.17, 15) is 14.5 Å². The molecule has 0 saturated heterocycles. The topological polar surface area (TPSA) is 43.1 Å². The van der Waals surface area contributed by atoms with Crippen LogP contribution in [0.5, 0.6) is 0 Å². The van der Waals surface area contributed by atoms with Crippen LogP contribution in [-0.2, 0) is 0 Å². The molecular formula is C3H5ClFNO2. The maximum atomic E-state index is 12.0. The number of rotatable bonds is 2. The molecule has 0 aliphatic rings. The first-order valence-corrected chi connectivity index (χ1v) is 2.29. The van der Waals surface area contributed by atoms with Crippen molar-refractivity contribution in [1.29, 1.82) is 0 Å². The SMILES string of the molecule is CC(F)(Cl)C[N+](=O)[O-]. The van der Waals surface area contributed by atoms with E-state index in [0.29, 0.717) is 0 Å². The maximum absolute atomic E-state index is 12.0. The minimum Gasteiger partial charge on any atom is -0.264 e. The van der Waals surface area contributed by atoms with Crippen LogP contribution in [-0.4, -0.2) is 16.6 Å². The van der Waals surface area contributed by atoms with Crippen molar-refractivity contribution in [2.75, 3.05) is 6.54 Å². The van der Waals surface area contributed by atoms with E-state index in [2.05, 4.69) is 0 Å². The predicted molar refractivity (Wildman–Crippen MR) is 27.2 cm³/mol. The Bertz CT molecular complexity index is 99.9. The van der Waals surface area contributed by atoms with Crippen molar-refractivity contribution in [1.82, 2.24) is 0 Å². The normalized spacial score (nSPS) is 17.4. The monoisotopic (exact) mass is 141 g/mol. The third kappa shape index (κ3) is 5.62. The Hall–Kier alpha value is -0.380. The van der Waals surface area contributed by atoms with Gasteiger partial charge in [-0.3, -0.25) is 10.1 Å². The highest BCUT2D eigenvalue weighted by Gasteiger charge is 2.25. The first-order valence-electron chi connectivity index (χ1n) is 1.91. The van der Waals surface area contributed by atoms with Crippen molar-refractivity contribution in [3.8, 4) is 0 Å². The molecule has 0 radical (unpaired) electrons. The van der Waals surface area contributed by atoms with Crippen molar-refractivity contribution in [2.24, 2.45) is 0 Å². The van der Waals surface area contributed by atoms with Gasteiger partial charge in [0.05, 0.1) is 0 Å². The number of alkyl halides is 2. The molecule has 3 nitrogen and oxygen atoms in total. The lowest BCUT2D eigenvalue weighted by atomic mass is 10.4. The Balaban J connectivity index is 3.55. The number of nitro groups is 1. The molecule has 0 heterocycles. The standard InChI is InChI=1S/C3H5ClFNO2/c1-3(4,5)2-6(7)8/h2H2,1H3.